The van der Waals surface area contributed by atoms with Crippen LogP contribution in [0.4, 0.5) is 0 Å². The molecule has 1 aromatic heterocycles. The molecule has 2 rings (SSSR count). The van der Waals surface area contributed by atoms with Gasteiger partial charge >= 0.3 is 7.48 Å². The van der Waals surface area contributed by atoms with Crippen molar-refractivity contribution in [1.82, 2.24) is 9.55 Å². The van der Waals surface area contributed by atoms with Crippen LogP contribution in [0.15, 0.2) is 6.20 Å². The molecule has 2 heterocycles. The van der Waals surface area contributed by atoms with Crippen LogP contribution in [0.25, 0.3) is 0 Å². The van der Waals surface area contributed by atoms with Gasteiger partial charge in [-0.3, -0.25) is 0 Å². The minimum Gasteiger partial charge on any atom is -0.449 e. The molecule has 10 heavy (non-hydrogen) atoms. The Labute approximate surface area is 60.0 Å². The van der Waals surface area contributed by atoms with Crippen LogP contribution in [0.1, 0.15) is 12.2 Å². The highest BCUT2D eigenvalue weighted by Gasteiger charge is 2.14. The van der Waals surface area contributed by atoms with Crippen LogP contribution in [0.5, 0.6) is 0 Å². The van der Waals surface area contributed by atoms with Crippen LogP contribution in [-0.2, 0) is 13.0 Å². The quantitative estimate of drug-likeness (QED) is 0.505. The Morgan fingerprint density at radius 3 is 3.40 bits per heavy atom. The van der Waals surface area contributed by atoms with Crippen molar-refractivity contribution in [2.75, 3.05) is 0 Å². The summed E-state index contributed by atoms with van der Waals surface area (Å²) < 4.78 is 2.04. The van der Waals surface area contributed by atoms with E-state index in [1.807, 2.05) is 4.57 Å². The minimum absolute atomic E-state index is 0.826. The molecule has 3 nitrogen and oxygen atoms in total. The fraction of sp³-hybridized carbons (Fsp3) is 0.500. The van der Waals surface area contributed by atoms with Gasteiger partial charge in [0, 0.05) is 24.8 Å². The first-order chi connectivity index (χ1) is 4.92. The molecule has 4 heteroatoms. The predicted octanol–water partition coefficient (Wildman–Crippen LogP) is -0.934. The molecule has 1 aromatic rings. The molecule has 0 spiro atoms. The van der Waals surface area contributed by atoms with E-state index in [1.165, 1.54) is 0 Å². The zero-order valence-corrected chi connectivity index (χ0v) is 5.62. The third kappa shape index (κ3) is 0.687. The summed E-state index contributed by atoms with van der Waals surface area (Å²) in [5, 5.41) is 8.70. The Morgan fingerprint density at radius 2 is 2.60 bits per heavy atom. The van der Waals surface area contributed by atoms with Crippen molar-refractivity contribution in [3.8, 4) is 0 Å². The number of aryl methyl sites for hydroxylation is 1. The highest BCUT2D eigenvalue weighted by molar-refractivity contribution is 6.44. The number of aromatic nitrogens is 2. The zero-order chi connectivity index (χ0) is 6.97. The summed E-state index contributed by atoms with van der Waals surface area (Å²) in [7, 11) is 1.11. The van der Waals surface area contributed by atoms with E-state index in [4.69, 9.17) is 5.02 Å². The van der Waals surface area contributed by atoms with Crippen molar-refractivity contribution >= 4 is 13.1 Å². The van der Waals surface area contributed by atoms with Gasteiger partial charge in [-0.2, -0.15) is 0 Å². The van der Waals surface area contributed by atoms with Crippen molar-refractivity contribution < 1.29 is 5.02 Å². The van der Waals surface area contributed by atoms with E-state index in [2.05, 4.69) is 4.98 Å². The lowest BCUT2D eigenvalue weighted by atomic mass is 9.97. The van der Waals surface area contributed by atoms with Gasteiger partial charge in [-0.25, -0.2) is 4.98 Å². The van der Waals surface area contributed by atoms with Crippen LogP contribution < -0.4 is 5.59 Å². The maximum atomic E-state index is 8.70. The molecule has 0 bridgehead atoms. The molecule has 0 amide bonds. The molecule has 0 unspecified atom stereocenters. The maximum absolute atomic E-state index is 8.70. The fourth-order valence-electron chi connectivity index (χ4n) is 1.39. The van der Waals surface area contributed by atoms with Gasteiger partial charge in [-0.15, -0.1) is 0 Å². The van der Waals surface area contributed by atoms with Crippen LogP contribution >= 0.6 is 0 Å². The van der Waals surface area contributed by atoms with Gasteiger partial charge in [0.2, 0.25) is 0 Å². The van der Waals surface area contributed by atoms with Crippen molar-refractivity contribution in [1.29, 1.82) is 0 Å². The number of fused-ring (bicyclic) bond motifs is 1. The normalized spacial score (nSPS) is 15.3. The molecular formula is C6H8BN2O. The summed E-state index contributed by atoms with van der Waals surface area (Å²) in [6.07, 6.45) is 3.91. The molecule has 1 aliphatic rings. The Balaban J connectivity index is 2.44. The number of rotatable bonds is 1. The minimum atomic E-state index is 0.826. The molecule has 0 fully saturated rings. The van der Waals surface area contributed by atoms with E-state index < -0.39 is 0 Å². The summed E-state index contributed by atoms with van der Waals surface area (Å²) in [6.45, 7) is 1.00. The van der Waals surface area contributed by atoms with Crippen molar-refractivity contribution in [2.45, 2.75) is 19.4 Å². The zero-order valence-electron chi connectivity index (χ0n) is 5.62. The third-order valence-electron chi connectivity index (χ3n) is 1.88. The standard InChI is InChI=1S/C6H8BN2O/c10-7-5-4-8-6-2-1-3-9(5)6/h4,10H,1-3H2. The maximum Gasteiger partial charge on any atom is 0.347 e. The second-order valence-corrected chi connectivity index (χ2v) is 2.48. The number of imidazole rings is 1. The second-order valence-electron chi connectivity index (χ2n) is 2.48. The largest absolute Gasteiger partial charge is 0.449 e. The van der Waals surface area contributed by atoms with Gasteiger partial charge < -0.3 is 9.59 Å². The average molecular weight is 135 g/mol. The Morgan fingerprint density at radius 1 is 1.70 bits per heavy atom. The molecule has 0 atom stereocenters. The van der Waals surface area contributed by atoms with Crippen molar-refractivity contribution in [3.05, 3.63) is 12.0 Å². The van der Waals surface area contributed by atoms with Gasteiger partial charge in [0.15, 0.2) is 0 Å². The second kappa shape index (κ2) is 2.13. The van der Waals surface area contributed by atoms with E-state index in [0.717, 1.165) is 38.3 Å². The molecule has 0 saturated heterocycles. The molecule has 0 aromatic carbocycles. The van der Waals surface area contributed by atoms with Gasteiger partial charge in [0.1, 0.15) is 5.82 Å². The Kier molecular flexibility index (Phi) is 1.27. The molecule has 0 saturated carbocycles. The Bertz CT molecular complexity index is 246. The van der Waals surface area contributed by atoms with Gasteiger partial charge in [-0.05, 0) is 6.42 Å². The smallest absolute Gasteiger partial charge is 0.347 e. The van der Waals surface area contributed by atoms with Crippen LogP contribution in [0.2, 0.25) is 0 Å². The SMILES string of the molecule is O[B]c1cnc2n1CCC2. The highest BCUT2D eigenvalue weighted by Crippen LogP contribution is 2.08. The number of nitrogens with zero attached hydrogens (tertiary/aromatic N) is 2. The van der Waals surface area contributed by atoms with Crippen molar-refractivity contribution in [3.63, 3.8) is 0 Å². The summed E-state index contributed by atoms with van der Waals surface area (Å²) in [5.74, 6) is 1.10. The third-order valence-corrected chi connectivity index (χ3v) is 1.88. The van der Waals surface area contributed by atoms with E-state index in [0.29, 0.717) is 0 Å². The molecule has 1 radical (unpaired) electrons. The van der Waals surface area contributed by atoms with E-state index in [9.17, 15) is 0 Å². The topological polar surface area (TPSA) is 38.1 Å². The van der Waals surface area contributed by atoms with Crippen LogP contribution in [-0.4, -0.2) is 22.1 Å². The van der Waals surface area contributed by atoms with Crippen LogP contribution in [0.3, 0.4) is 0 Å². The van der Waals surface area contributed by atoms with E-state index in [-0.39, 0.29) is 0 Å². The first-order valence-electron chi connectivity index (χ1n) is 3.43. The lowest BCUT2D eigenvalue weighted by molar-refractivity contribution is 0.610. The number of hydrogen-bond acceptors (Lipinski definition) is 2. The highest BCUT2D eigenvalue weighted by atomic mass is 16.2. The molecule has 0 aliphatic carbocycles. The molecule has 51 valence electrons. The number of hydrogen-bond donors (Lipinski definition) is 1. The molecule has 1 aliphatic heterocycles. The lowest BCUT2D eigenvalue weighted by Crippen LogP contribution is -2.22. The van der Waals surface area contributed by atoms with Crippen molar-refractivity contribution in [2.24, 2.45) is 0 Å². The average Bonchev–Trinajstić information content (AvgIpc) is 2.44. The summed E-state index contributed by atoms with van der Waals surface area (Å²) in [6, 6.07) is 0. The predicted molar refractivity (Wildman–Crippen MR) is 38.2 cm³/mol. The Hall–Kier alpha value is -0.765. The molecule has 1 N–H and O–H groups in total. The molecular weight excluding hydrogens is 127 g/mol. The first-order valence-corrected chi connectivity index (χ1v) is 3.43. The summed E-state index contributed by atoms with van der Waals surface area (Å²) in [4.78, 5) is 4.14. The van der Waals surface area contributed by atoms with Crippen LogP contribution in [0, 0.1) is 0 Å². The summed E-state index contributed by atoms with van der Waals surface area (Å²) in [5.41, 5.74) is 0.826. The lowest BCUT2D eigenvalue weighted by Gasteiger charge is -1.97. The fourth-order valence-corrected chi connectivity index (χ4v) is 1.39. The monoisotopic (exact) mass is 135 g/mol. The van der Waals surface area contributed by atoms with Gasteiger partial charge in [0.05, 0.1) is 0 Å². The summed E-state index contributed by atoms with van der Waals surface area (Å²) >= 11 is 0. The van der Waals surface area contributed by atoms with E-state index in [1.54, 1.807) is 6.20 Å². The first kappa shape index (κ1) is 5.98. The van der Waals surface area contributed by atoms with Gasteiger partial charge in [-0.1, -0.05) is 0 Å². The van der Waals surface area contributed by atoms with Gasteiger partial charge in [0.25, 0.3) is 0 Å². The van der Waals surface area contributed by atoms with E-state index >= 15 is 0 Å².